The topological polar surface area (TPSA) is 72.9 Å². The molecule has 0 N–H and O–H groups in total. The number of methoxy groups -OCH3 is 1. The summed E-state index contributed by atoms with van der Waals surface area (Å²) in [6.07, 6.45) is 0. The van der Waals surface area contributed by atoms with E-state index in [1.807, 2.05) is 67.6 Å². The molecule has 6 nitrogen and oxygen atoms in total. The van der Waals surface area contributed by atoms with Crippen LogP contribution in [0.1, 0.15) is 27.0 Å². The minimum Gasteiger partial charge on any atom is -0.497 e. The number of carbonyl (C=O) groups is 1. The van der Waals surface area contributed by atoms with Gasteiger partial charge in [0.2, 0.25) is 0 Å². The fourth-order valence-corrected chi connectivity index (χ4v) is 5.23. The highest BCUT2D eigenvalue weighted by atomic mass is 32.2. The predicted molar refractivity (Wildman–Crippen MR) is 140 cm³/mol. The molecule has 0 saturated carbocycles. The number of hydrogen-bond donors (Lipinski definition) is 0. The normalized spacial score (nSPS) is 11.1. The maximum absolute atomic E-state index is 13.9. The van der Waals surface area contributed by atoms with Crippen molar-refractivity contribution in [2.45, 2.75) is 25.0 Å². The summed E-state index contributed by atoms with van der Waals surface area (Å²) in [6, 6.07) is 29.9. The quantitative estimate of drug-likeness (QED) is 0.273. The number of carbonyl (C=O) groups excluding carboxylic acids is 1. The number of sulfonamides is 1. The Morgan fingerprint density at radius 2 is 1.42 bits per heavy atom. The Kier molecular flexibility index (Phi) is 7.71. The van der Waals surface area contributed by atoms with Crippen LogP contribution in [0.2, 0.25) is 0 Å². The third-order valence-corrected chi connectivity index (χ3v) is 7.44. The summed E-state index contributed by atoms with van der Waals surface area (Å²) < 4.78 is 39.8. The second-order valence-electron chi connectivity index (χ2n) is 8.26. The molecule has 0 fully saturated rings. The van der Waals surface area contributed by atoms with Crippen LogP contribution in [0, 0.1) is 6.92 Å². The molecule has 0 radical (unpaired) electrons. The molecule has 0 unspecified atom stereocenters. The van der Waals surface area contributed by atoms with Gasteiger partial charge in [-0.05, 0) is 54.4 Å². The molecule has 7 heteroatoms. The first-order valence-corrected chi connectivity index (χ1v) is 12.8. The third-order valence-electron chi connectivity index (χ3n) is 5.67. The zero-order valence-corrected chi connectivity index (χ0v) is 20.9. The van der Waals surface area contributed by atoms with E-state index in [4.69, 9.17) is 9.47 Å². The molecule has 0 aliphatic carbocycles. The van der Waals surface area contributed by atoms with Gasteiger partial charge in [0, 0.05) is 0 Å². The fourth-order valence-electron chi connectivity index (χ4n) is 3.76. The summed E-state index contributed by atoms with van der Waals surface area (Å²) in [5.41, 5.74) is 2.86. The van der Waals surface area contributed by atoms with E-state index in [1.165, 1.54) is 23.5 Å². The average molecular weight is 502 g/mol. The molecule has 0 spiro atoms. The SMILES string of the molecule is COc1ccc(S(=O)(=O)N(Cc2ccccc2)c2ccc(C)cc2C(=O)OCc2ccccc2)cc1. The molecule has 0 amide bonds. The van der Waals surface area contributed by atoms with Gasteiger partial charge in [0.1, 0.15) is 12.4 Å². The monoisotopic (exact) mass is 501 g/mol. The molecule has 0 bridgehead atoms. The van der Waals surface area contributed by atoms with Crippen molar-refractivity contribution in [2.75, 3.05) is 11.4 Å². The second-order valence-corrected chi connectivity index (χ2v) is 10.1. The van der Waals surface area contributed by atoms with Gasteiger partial charge in [-0.25, -0.2) is 13.2 Å². The molecule has 0 heterocycles. The van der Waals surface area contributed by atoms with E-state index in [2.05, 4.69) is 0 Å². The molecule has 184 valence electrons. The Morgan fingerprint density at radius 1 is 0.806 bits per heavy atom. The lowest BCUT2D eigenvalue weighted by Gasteiger charge is -2.27. The number of ether oxygens (including phenoxy) is 2. The number of benzene rings is 4. The number of anilines is 1. The molecule has 36 heavy (non-hydrogen) atoms. The summed E-state index contributed by atoms with van der Waals surface area (Å²) in [6.45, 7) is 1.96. The molecule has 0 saturated heterocycles. The second kappa shape index (κ2) is 11.1. The molecule has 4 aromatic carbocycles. The van der Waals surface area contributed by atoms with Crippen LogP contribution in [0.15, 0.2) is 108 Å². The molecule has 0 aromatic heterocycles. The van der Waals surface area contributed by atoms with Gasteiger partial charge in [-0.2, -0.15) is 0 Å². The van der Waals surface area contributed by atoms with Crippen LogP contribution in [0.3, 0.4) is 0 Å². The molecule has 4 aromatic rings. The number of nitrogens with zero attached hydrogens (tertiary/aromatic N) is 1. The van der Waals surface area contributed by atoms with Gasteiger partial charge in [-0.15, -0.1) is 0 Å². The van der Waals surface area contributed by atoms with Gasteiger partial charge >= 0.3 is 5.97 Å². The van der Waals surface area contributed by atoms with E-state index in [9.17, 15) is 13.2 Å². The highest BCUT2D eigenvalue weighted by Gasteiger charge is 2.29. The van der Waals surface area contributed by atoms with E-state index < -0.39 is 16.0 Å². The van der Waals surface area contributed by atoms with Crippen molar-refractivity contribution in [1.82, 2.24) is 0 Å². The predicted octanol–water partition coefficient (Wildman–Crippen LogP) is 5.76. The molecule has 4 rings (SSSR count). The summed E-state index contributed by atoms with van der Waals surface area (Å²) in [4.78, 5) is 13.3. The summed E-state index contributed by atoms with van der Waals surface area (Å²) in [7, 11) is -2.52. The minimum atomic E-state index is -4.04. The average Bonchev–Trinajstić information content (AvgIpc) is 2.91. The summed E-state index contributed by atoms with van der Waals surface area (Å²) >= 11 is 0. The van der Waals surface area contributed by atoms with Crippen LogP contribution in [-0.2, 0) is 27.9 Å². The van der Waals surface area contributed by atoms with Crippen LogP contribution in [0.5, 0.6) is 5.75 Å². The lowest BCUT2D eigenvalue weighted by molar-refractivity contribution is 0.0473. The summed E-state index contributed by atoms with van der Waals surface area (Å²) in [5.74, 6) is -0.0513. The third kappa shape index (κ3) is 5.75. The highest BCUT2D eigenvalue weighted by Crippen LogP contribution is 2.31. The maximum Gasteiger partial charge on any atom is 0.340 e. The van der Waals surface area contributed by atoms with Crippen molar-refractivity contribution in [3.8, 4) is 5.75 Å². The Morgan fingerprint density at radius 3 is 2.03 bits per heavy atom. The fraction of sp³-hybridized carbons (Fsp3) is 0.138. The Balaban J connectivity index is 1.76. The van der Waals surface area contributed by atoms with Crippen molar-refractivity contribution in [1.29, 1.82) is 0 Å². The van der Waals surface area contributed by atoms with Crippen molar-refractivity contribution >= 4 is 21.7 Å². The lowest BCUT2D eigenvalue weighted by atomic mass is 10.1. The molecule has 0 aliphatic rings. The van der Waals surface area contributed by atoms with E-state index in [-0.39, 0.29) is 29.3 Å². The zero-order valence-electron chi connectivity index (χ0n) is 20.1. The molecule has 0 aliphatic heterocycles. The van der Waals surface area contributed by atoms with Crippen LogP contribution < -0.4 is 9.04 Å². The first-order valence-electron chi connectivity index (χ1n) is 11.4. The van der Waals surface area contributed by atoms with Crippen LogP contribution in [0.25, 0.3) is 0 Å². The largest absolute Gasteiger partial charge is 0.497 e. The van der Waals surface area contributed by atoms with Gasteiger partial charge in [0.25, 0.3) is 10.0 Å². The maximum atomic E-state index is 13.9. The zero-order chi connectivity index (χ0) is 25.5. The molecular formula is C29H27NO5S. The lowest BCUT2D eigenvalue weighted by Crippen LogP contribution is -2.32. The smallest absolute Gasteiger partial charge is 0.340 e. The van der Waals surface area contributed by atoms with E-state index in [1.54, 1.807) is 30.3 Å². The van der Waals surface area contributed by atoms with Crippen LogP contribution in [-0.4, -0.2) is 21.5 Å². The highest BCUT2D eigenvalue weighted by molar-refractivity contribution is 7.92. The van der Waals surface area contributed by atoms with E-state index >= 15 is 0 Å². The van der Waals surface area contributed by atoms with Crippen LogP contribution >= 0.6 is 0 Å². The van der Waals surface area contributed by atoms with E-state index in [0.717, 1.165) is 16.7 Å². The first-order chi connectivity index (χ1) is 17.4. The number of hydrogen-bond acceptors (Lipinski definition) is 5. The van der Waals surface area contributed by atoms with Gasteiger partial charge in [-0.3, -0.25) is 4.31 Å². The van der Waals surface area contributed by atoms with E-state index in [0.29, 0.717) is 5.75 Å². The Bertz CT molecular complexity index is 1420. The van der Waals surface area contributed by atoms with Crippen molar-refractivity contribution in [2.24, 2.45) is 0 Å². The number of esters is 1. The van der Waals surface area contributed by atoms with Crippen molar-refractivity contribution in [3.63, 3.8) is 0 Å². The first kappa shape index (κ1) is 25.0. The minimum absolute atomic E-state index is 0.0389. The van der Waals surface area contributed by atoms with Gasteiger partial charge < -0.3 is 9.47 Å². The summed E-state index contributed by atoms with van der Waals surface area (Å²) in [5, 5.41) is 0. The van der Waals surface area contributed by atoms with Gasteiger partial charge in [0.05, 0.1) is 29.8 Å². The van der Waals surface area contributed by atoms with Crippen molar-refractivity contribution < 1.29 is 22.7 Å². The number of aryl methyl sites for hydroxylation is 1. The van der Waals surface area contributed by atoms with Gasteiger partial charge in [0.15, 0.2) is 0 Å². The molecule has 0 atom stereocenters. The standard InChI is InChI=1S/C29H27NO5S/c1-22-13-18-28(27(19-22)29(31)35-21-24-11-7-4-8-12-24)30(20-23-9-5-3-6-10-23)36(32,33)26-16-14-25(34-2)15-17-26/h3-19H,20-21H2,1-2H3. The van der Waals surface area contributed by atoms with Crippen LogP contribution in [0.4, 0.5) is 5.69 Å². The van der Waals surface area contributed by atoms with Crippen molar-refractivity contribution in [3.05, 3.63) is 125 Å². The Hall–Kier alpha value is -4.10. The van der Waals surface area contributed by atoms with Gasteiger partial charge in [-0.1, -0.05) is 72.3 Å². The molecular weight excluding hydrogens is 474 g/mol. The Labute approximate surface area is 211 Å². The number of rotatable bonds is 9.